The van der Waals surface area contributed by atoms with Crippen molar-refractivity contribution in [1.29, 1.82) is 0 Å². The normalized spacial score (nSPS) is 10.4. The molecule has 0 saturated carbocycles. The Morgan fingerprint density at radius 3 is 1.07 bits per heavy atom. The van der Waals surface area contributed by atoms with E-state index in [4.69, 9.17) is 23.7 Å². The number of aliphatic hydroxyl groups excluding tert-OH is 1. The van der Waals surface area contributed by atoms with Crippen LogP contribution in [0.1, 0.15) is 40.5 Å². The molecule has 0 aromatic carbocycles. The second-order valence-electron chi connectivity index (χ2n) is 9.01. The molecule has 40 heavy (non-hydrogen) atoms. The van der Waals surface area contributed by atoms with Crippen LogP contribution in [0.4, 0.5) is 0 Å². The Bertz CT molecular complexity index is 850. The molecule has 0 aliphatic heterocycles. The fourth-order valence-corrected chi connectivity index (χ4v) is 2.41. The lowest BCUT2D eigenvalue weighted by Gasteiger charge is -2.30. The van der Waals surface area contributed by atoms with Crippen molar-refractivity contribution < 1.29 is 52.8 Å². The summed E-state index contributed by atoms with van der Waals surface area (Å²) >= 11 is 0. The summed E-state index contributed by atoms with van der Waals surface area (Å²) in [6, 6.07) is 0. The summed E-state index contributed by atoms with van der Waals surface area (Å²) in [5.41, 5.74) is -1.07. The van der Waals surface area contributed by atoms with Crippen LogP contribution in [0.3, 0.4) is 0 Å². The number of hydrogen-bond acceptors (Lipinski definition) is 11. The SMILES string of the molecule is C=C(C)C(=O)OCC(CC)(CO)COC(=O)C(=C)C.C=CC(=O)OCC(CC)(COC(=O)C=C)COC(=O)C=C. The minimum Gasteiger partial charge on any atom is -0.462 e. The number of hydrogen-bond donors (Lipinski definition) is 1. The summed E-state index contributed by atoms with van der Waals surface area (Å²) < 4.78 is 25.0. The lowest BCUT2D eigenvalue weighted by molar-refractivity contribution is -0.156. The van der Waals surface area contributed by atoms with Gasteiger partial charge >= 0.3 is 29.8 Å². The quantitative estimate of drug-likeness (QED) is 0.148. The van der Waals surface area contributed by atoms with Gasteiger partial charge in [0.2, 0.25) is 0 Å². The maximum atomic E-state index is 11.3. The van der Waals surface area contributed by atoms with E-state index in [2.05, 4.69) is 32.9 Å². The van der Waals surface area contributed by atoms with Crippen molar-refractivity contribution in [3.63, 3.8) is 0 Å². The Kier molecular flexibility index (Phi) is 19.1. The highest BCUT2D eigenvalue weighted by molar-refractivity contribution is 5.87. The van der Waals surface area contributed by atoms with E-state index in [9.17, 15) is 29.1 Å². The minimum absolute atomic E-state index is 0.0326. The average molecular weight is 567 g/mol. The second kappa shape index (κ2) is 20.0. The monoisotopic (exact) mass is 566 g/mol. The zero-order chi connectivity index (χ0) is 31.4. The fraction of sp³-hybridized carbons (Fsp3) is 0.483. The third-order valence-corrected chi connectivity index (χ3v) is 5.61. The smallest absolute Gasteiger partial charge is 0.333 e. The summed E-state index contributed by atoms with van der Waals surface area (Å²) in [5, 5.41) is 9.45. The number of esters is 5. The van der Waals surface area contributed by atoms with Crippen LogP contribution in [0.5, 0.6) is 0 Å². The molecular weight excluding hydrogens is 524 g/mol. The van der Waals surface area contributed by atoms with Crippen LogP contribution in [0.15, 0.2) is 62.3 Å². The molecule has 224 valence electrons. The molecule has 0 amide bonds. The Balaban J connectivity index is 0. The van der Waals surface area contributed by atoms with E-state index >= 15 is 0 Å². The van der Waals surface area contributed by atoms with Crippen LogP contribution in [0.2, 0.25) is 0 Å². The van der Waals surface area contributed by atoms with Crippen LogP contribution in [0, 0.1) is 10.8 Å². The third kappa shape index (κ3) is 15.4. The van der Waals surface area contributed by atoms with Crippen LogP contribution in [-0.2, 0) is 47.7 Å². The molecule has 0 bridgehead atoms. The Labute approximate surface area is 236 Å². The van der Waals surface area contributed by atoms with Gasteiger partial charge in [-0.3, -0.25) is 0 Å². The number of rotatable bonds is 18. The van der Waals surface area contributed by atoms with Gasteiger partial charge in [-0.25, -0.2) is 24.0 Å². The van der Waals surface area contributed by atoms with E-state index < -0.39 is 40.7 Å². The van der Waals surface area contributed by atoms with Crippen molar-refractivity contribution >= 4 is 29.8 Å². The Morgan fingerprint density at radius 2 is 0.875 bits per heavy atom. The zero-order valence-corrected chi connectivity index (χ0v) is 24.0. The van der Waals surface area contributed by atoms with Gasteiger partial charge in [0.25, 0.3) is 0 Å². The van der Waals surface area contributed by atoms with Gasteiger partial charge in [0, 0.05) is 29.4 Å². The molecule has 0 aromatic rings. The molecule has 0 atom stereocenters. The lowest BCUT2D eigenvalue weighted by atomic mass is 9.88. The largest absolute Gasteiger partial charge is 0.462 e. The highest BCUT2D eigenvalue weighted by Crippen LogP contribution is 2.25. The second-order valence-corrected chi connectivity index (χ2v) is 9.01. The van der Waals surface area contributed by atoms with Gasteiger partial charge in [0.1, 0.15) is 33.0 Å². The lowest BCUT2D eigenvalue weighted by Crippen LogP contribution is -2.38. The van der Waals surface area contributed by atoms with Crippen LogP contribution < -0.4 is 0 Å². The first-order valence-corrected chi connectivity index (χ1v) is 12.3. The summed E-state index contributed by atoms with van der Waals surface area (Å²) in [6.45, 7) is 22.9. The highest BCUT2D eigenvalue weighted by Gasteiger charge is 2.34. The fourth-order valence-electron chi connectivity index (χ4n) is 2.41. The van der Waals surface area contributed by atoms with Gasteiger partial charge in [-0.05, 0) is 26.7 Å². The van der Waals surface area contributed by atoms with Gasteiger partial charge in [-0.2, -0.15) is 0 Å². The number of aliphatic hydroxyl groups is 1. The summed E-state index contributed by atoms with van der Waals surface area (Å²) in [4.78, 5) is 56.2. The van der Waals surface area contributed by atoms with Gasteiger partial charge in [-0.15, -0.1) is 0 Å². The van der Waals surface area contributed by atoms with E-state index in [0.717, 1.165) is 18.2 Å². The Hall–Kier alpha value is -3.99. The predicted octanol–water partition coefficient (Wildman–Crippen LogP) is 3.18. The molecule has 0 radical (unpaired) electrons. The van der Waals surface area contributed by atoms with Gasteiger partial charge in [0.15, 0.2) is 0 Å². The molecule has 11 heteroatoms. The van der Waals surface area contributed by atoms with E-state index in [-0.39, 0.29) is 50.8 Å². The van der Waals surface area contributed by atoms with E-state index in [1.807, 2.05) is 6.92 Å². The highest BCUT2D eigenvalue weighted by atomic mass is 16.6. The average Bonchev–Trinajstić information content (AvgIpc) is 2.96. The predicted molar refractivity (Wildman–Crippen MR) is 148 cm³/mol. The molecule has 0 aliphatic carbocycles. The first-order chi connectivity index (χ1) is 18.7. The van der Waals surface area contributed by atoms with Gasteiger partial charge in [-0.1, -0.05) is 46.7 Å². The molecule has 0 unspecified atom stereocenters. The van der Waals surface area contributed by atoms with Crippen molar-refractivity contribution in [2.24, 2.45) is 10.8 Å². The minimum atomic E-state index is -0.837. The summed E-state index contributed by atoms with van der Waals surface area (Å²) in [5.74, 6) is -2.90. The number of carbonyl (C=O) groups excluding carboxylic acids is 5. The Morgan fingerprint density at radius 1 is 0.600 bits per heavy atom. The maximum Gasteiger partial charge on any atom is 0.333 e. The van der Waals surface area contributed by atoms with E-state index in [0.29, 0.717) is 12.8 Å². The standard InChI is InChI=1S/C15H20O6.C14H22O5/c1-5-12(16)19-9-15(8-4,10-20-13(17)6-2)11-21-14(18)7-3;1-6-14(7-15,8-18-12(16)10(2)3)9-19-13(17)11(4)5/h5-7H,1-3,8-11H2,4H3;15H,2,4,6-9H2,1,3,5H3. The van der Waals surface area contributed by atoms with Gasteiger partial charge in [0.05, 0.1) is 17.4 Å². The van der Waals surface area contributed by atoms with Crippen LogP contribution >= 0.6 is 0 Å². The van der Waals surface area contributed by atoms with Gasteiger partial charge < -0.3 is 28.8 Å². The molecular formula is C29H42O11. The van der Waals surface area contributed by atoms with Crippen molar-refractivity contribution in [2.45, 2.75) is 40.5 Å². The molecule has 0 saturated heterocycles. The van der Waals surface area contributed by atoms with E-state index in [1.165, 1.54) is 13.8 Å². The van der Waals surface area contributed by atoms with Crippen molar-refractivity contribution in [2.75, 3.05) is 39.6 Å². The molecule has 0 rings (SSSR count). The molecule has 0 spiro atoms. The first kappa shape index (κ1) is 38.2. The molecule has 0 aromatic heterocycles. The summed E-state index contributed by atoms with van der Waals surface area (Å²) in [6.07, 6.45) is 4.01. The zero-order valence-electron chi connectivity index (χ0n) is 24.0. The number of carbonyl (C=O) groups is 5. The molecule has 11 nitrogen and oxygen atoms in total. The van der Waals surface area contributed by atoms with Crippen LogP contribution in [0.25, 0.3) is 0 Å². The maximum absolute atomic E-state index is 11.3. The third-order valence-electron chi connectivity index (χ3n) is 5.61. The molecule has 0 aliphatic rings. The molecule has 0 heterocycles. The van der Waals surface area contributed by atoms with Crippen molar-refractivity contribution in [1.82, 2.24) is 0 Å². The summed E-state index contributed by atoms with van der Waals surface area (Å²) in [7, 11) is 0. The van der Waals surface area contributed by atoms with E-state index in [1.54, 1.807) is 6.92 Å². The molecule has 1 N–H and O–H groups in total. The van der Waals surface area contributed by atoms with Crippen molar-refractivity contribution in [3.05, 3.63) is 62.3 Å². The molecule has 0 fully saturated rings. The van der Waals surface area contributed by atoms with Crippen molar-refractivity contribution in [3.8, 4) is 0 Å². The van der Waals surface area contributed by atoms with Crippen LogP contribution in [-0.4, -0.2) is 74.6 Å². The first-order valence-electron chi connectivity index (χ1n) is 12.3. The number of ether oxygens (including phenoxy) is 5. The topological polar surface area (TPSA) is 152 Å².